The third-order valence-corrected chi connectivity index (χ3v) is 4.08. The van der Waals surface area contributed by atoms with Crippen LogP contribution in [0.5, 0.6) is 0 Å². The number of hydrogen-bond acceptors (Lipinski definition) is 2. The first-order chi connectivity index (χ1) is 10.6. The smallest absolute Gasteiger partial charge is 0.0917 e. The summed E-state index contributed by atoms with van der Waals surface area (Å²) >= 11 is 0. The van der Waals surface area contributed by atoms with Gasteiger partial charge in [0.05, 0.1) is 6.10 Å². The Morgan fingerprint density at radius 3 is 2.41 bits per heavy atom. The summed E-state index contributed by atoms with van der Waals surface area (Å²) in [5.74, 6) is 0.671. The van der Waals surface area contributed by atoms with Gasteiger partial charge in [-0.3, -0.25) is 4.90 Å². The van der Waals surface area contributed by atoms with Crippen LogP contribution in [0.15, 0.2) is 48.7 Å². The lowest BCUT2D eigenvalue weighted by Crippen LogP contribution is -2.30. The van der Waals surface area contributed by atoms with E-state index < -0.39 is 6.10 Å². The van der Waals surface area contributed by atoms with Crippen molar-refractivity contribution >= 4 is 0 Å². The molecule has 1 unspecified atom stereocenters. The lowest BCUT2D eigenvalue weighted by atomic mass is 10.1. The molecule has 0 bridgehead atoms. The number of benzene rings is 1. The first-order valence-electron chi connectivity index (χ1n) is 8.12. The van der Waals surface area contributed by atoms with Gasteiger partial charge in [0.25, 0.3) is 0 Å². The minimum atomic E-state index is -0.436. The number of aryl methyl sites for hydroxylation is 1. The third kappa shape index (κ3) is 5.00. The monoisotopic (exact) mass is 300 g/mol. The summed E-state index contributed by atoms with van der Waals surface area (Å²) in [6, 6.07) is 14.2. The molecular weight excluding hydrogens is 272 g/mol. The van der Waals surface area contributed by atoms with Crippen molar-refractivity contribution in [3.8, 4) is 0 Å². The molecule has 3 nitrogen and oxygen atoms in total. The lowest BCUT2D eigenvalue weighted by Gasteiger charge is -2.26. The normalized spacial score (nSPS) is 13.0. The van der Waals surface area contributed by atoms with E-state index in [0.29, 0.717) is 12.5 Å². The second-order valence-corrected chi connectivity index (χ2v) is 6.45. The van der Waals surface area contributed by atoms with Gasteiger partial charge in [-0.05, 0) is 36.6 Å². The fourth-order valence-electron chi connectivity index (χ4n) is 2.59. The van der Waals surface area contributed by atoms with Gasteiger partial charge in [0.1, 0.15) is 0 Å². The Bertz CT molecular complexity index is 548. The van der Waals surface area contributed by atoms with Crippen molar-refractivity contribution in [1.82, 2.24) is 9.47 Å². The SMILES string of the molecule is CC(C)CCN(Cc1cccn1C)CC(O)c1ccccc1. The molecule has 0 saturated heterocycles. The molecule has 0 saturated carbocycles. The van der Waals surface area contributed by atoms with Gasteiger partial charge in [-0.2, -0.15) is 0 Å². The number of aromatic nitrogens is 1. The molecule has 0 amide bonds. The van der Waals surface area contributed by atoms with Crippen molar-refractivity contribution < 1.29 is 5.11 Å². The second-order valence-electron chi connectivity index (χ2n) is 6.45. The molecule has 120 valence electrons. The van der Waals surface area contributed by atoms with Crippen molar-refractivity contribution in [2.45, 2.75) is 32.9 Å². The Hall–Kier alpha value is -1.58. The molecular formula is C19H28N2O. The van der Waals surface area contributed by atoms with E-state index in [1.807, 2.05) is 30.3 Å². The number of nitrogens with zero attached hydrogens (tertiary/aromatic N) is 2. The zero-order valence-corrected chi connectivity index (χ0v) is 13.9. The van der Waals surface area contributed by atoms with Crippen molar-refractivity contribution in [3.05, 3.63) is 59.9 Å². The van der Waals surface area contributed by atoms with Gasteiger partial charge in [0, 0.05) is 32.0 Å². The van der Waals surface area contributed by atoms with E-state index in [-0.39, 0.29) is 0 Å². The van der Waals surface area contributed by atoms with Crippen LogP contribution in [-0.4, -0.2) is 27.7 Å². The van der Waals surface area contributed by atoms with Crippen molar-refractivity contribution in [1.29, 1.82) is 0 Å². The third-order valence-electron chi connectivity index (χ3n) is 4.08. The summed E-state index contributed by atoms with van der Waals surface area (Å²) in [5, 5.41) is 10.5. The Morgan fingerprint density at radius 1 is 1.09 bits per heavy atom. The molecule has 1 aromatic carbocycles. The number of hydrogen-bond donors (Lipinski definition) is 1. The maximum absolute atomic E-state index is 10.5. The lowest BCUT2D eigenvalue weighted by molar-refractivity contribution is 0.105. The average Bonchev–Trinajstić information content (AvgIpc) is 2.91. The maximum atomic E-state index is 10.5. The minimum absolute atomic E-state index is 0.436. The molecule has 0 aliphatic rings. The van der Waals surface area contributed by atoms with Crippen molar-refractivity contribution in [2.24, 2.45) is 13.0 Å². The van der Waals surface area contributed by atoms with Crippen LogP contribution >= 0.6 is 0 Å². The fourth-order valence-corrected chi connectivity index (χ4v) is 2.59. The molecule has 0 aliphatic carbocycles. The fraction of sp³-hybridized carbons (Fsp3) is 0.474. The molecule has 1 heterocycles. The van der Waals surface area contributed by atoms with E-state index in [4.69, 9.17) is 0 Å². The van der Waals surface area contributed by atoms with Gasteiger partial charge in [0.2, 0.25) is 0 Å². The quantitative estimate of drug-likeness (QED) is 0.807. The molecule has 2 rings (SSSR count). The molecule has 1 atom stereocenters. The highest BCUT2D eigenvalue weighted by atomic mass is 16.3. The van der Waals surface area contributed by atoms with Gasteiger partial charge < -0.3 is 9.67 Å². The largest absolute Gasteiger partial charge is 0.387 e. The van der Waals surface area contributed by atoms with Crippen molar-refractivity contribution in [2.75, 3.05) is 13.1 Å². The number of aliphatic hydroxyl groups excluding tert-OH is 1. The van der Waals surface area contributed by atoms with E-state index in [1.54, 1.807) is 0 Å². The molecule has 0 aliphatic heterocycles. The molecule has 0 fully saturated rings. The predicted octanol–water partition coefficient (Wildman–Crippen LogP) is 3.61. The van der Waals surface area contributed by atoms with Gasteiger partial charge in [-0.15, -0.1) is 0 Å². The topological polar surface area (TPSA) is 28.4 Å². The van der Waals surface area contributed by atoms with Crippen LogP contribution in [0.3, 0.4) is 0 Å². The van der Waals surface area contributed by atoms with Crippen LogP contribution < -0.4 is 0 Å². The summed E-state index contributed by atoms with van der Waals surface area (Å²) < 4.78 is 2.15. The summed E-state index contributed by atoms with van der Waals surface area (Å²) in [5.41, 5.74) is 2.27. The Labute approximate surface area is 134 Å². The summed E-state index contributed by atoms with van der Waals surface area (Å²) in [6.45, 7) is 7.04. The first kappa shape index (κ1) is 16.8. The van der Waals surface area contributed by atoms with Crippen LogP contribution in [0.2, 0.25) is 0 Å². The molecule has 3 heteroatoms. The summed E-state index contributed by atoms with van der Waals surface area (Å²) in [6.07, 6.45) is 2.78. The van der Waals surface area contributed by atoms with E-state index >= 15 is 0 Å². The van der Waals surface area contributed by atoms with Crippen LogP contribution in [0, 0.1) is 5.92 Å². The van der Waals surface area contributed by atoms with Gasteiger partial charge in [-0.25, -0.2) is 0 Å². The van der Waals surface area contributed by atoms with Gasteiger partial charge in [0.15, 0.2) is 0 Å². The minimum Gasteiger partial charge on any atom is -0.387 e. The highest BCUT2D eigenvalue weighted by Crippen LogP contribution is 2.16. The van der Waals surface area contributed by atoms with E-state index in [1.165, 1.54) is 5.69 Å². The Balaban J connectivity index is 2.02. The van der Waals surface area contributed by atoms with E-state index in [0.717, 1.165) is 25.1 Å². The zero-order valence-electron chi connectivity index (χ0n) is 13.9. The number of aliphatic hydroxyl groups is 1. The van der Waals surface area contributed by atoms with E-state index in [9.17, 15) is 5.11 Å². The first-order valence-corrected chi connectivity index (χ1v) is 8.12. The van der Waals surface area contributed by atoms with Crippen molar-refractivity contribution in [3.63, 3.8) is 0 Å². The van der Waals surface area contributed by atoms with Gasteiger partial charge in [-0.1, -0.05) is 44.2 Å². The van der Waals surface area contributed by atoms with Crippen LogP contribution in [0.4, 0.5) is 0 Å². The molecule has 1 aromatic heterocycles. The Morgan fingerprint density at radius 2 is 1.82 bits per heavy atom. The predicted molar refractivity (Wildman–Crippen MR) is 91.5 cm³/mol. The highest BCUT2D eigenvalue weighted by molar-refractivity contribution is 5.17. The van der Waals surface area contributed by atoms with Crippen LogP contribution in [0.1, 0.15) is 37.6 Å². The zero-order chi connectivity index (χ0) is 15.9. The molecule has 22 heavy (non-hydrogen) atoms. The summed E-state index contributed by atoms with van der Waals surface area (Å²) in [4.78, 5) is 2.35. The standard InChI is InChI=1S/C19H28N2O/c1-16(2)11-13-21(14-18-10-7-12-20(18)3)15-19(22)17-8-5-4-6-9-17/h4-10,12,16,19,22H,11,13-15H2,1-3H3. The molecule has 0 spiro atoms. The molecule has 2 aromatic rings. The van der Waals surface area contributed by atoms with Gasteiger partial charge >= 0.3 is 0 Å². The number of rotatable bonds is 8. The Kier molecular flexibility index (Phi) is 6.22. The van der Waals surface area contributed by atoms with Crippen LogP contribution in [0.25, 0.3) is 0 Å². The maximum Gasteiger partial charge on any atom is 0.0917 e. The molecule has 1 N–H and O–H groups in total. The van der Waals surface area contributed by atoms with Crippen LogP contribution in [-0.2, 0) is 13.6 Å². The highest BCUT2D eigenvalue weighted by Gasteiger charge is 2.15. The van der Waals surface area contributed by atoms with E-state index in [2.05, 4.69) is 48.7 Å². The average molecular weight is 300 g/mol. The molecule has 0 radical (unpaired) electrons. The summed E-state index contributed by atoms with van der Waals surface area (Å²) in [7, 11) is 2.07. The second kappa shape index (κ2) is 8.16.